The van der Waals surface area contributed by atoms with E-state index in [9.17, 15) is 54.6 Å². The van der Waals surface area contributed by atoms with Gasteiger partial charge in [0.2, 0.25) is 36.5 Å². The van der Waals surface area contributed by atoms with Crippen molar-refractivity contribution in [2.75, 3.05) is 6.61 Å². The minimum atomic E-state index is -2.24. The zero-order chi connectivity index (χ0) is 58.7. The first-order valence-corrected chi connectivity index (χ1v) is 23.5. The van der Waals surface area contributed by atoms with Crippen LogP contribution in [0.5, 0.6) is 0 Å². The number of hydrogen-bond donors (Lipinski definition) is 15. The SMILES string of the molecule is N#Cc1cc([N+](=O)[O-])c(C(CC2=CC3=C4C(=CC=C5C=CC=C2C54)CC=C3)C(CO)C(=O)NC(C(=O)NC(N=C(N)N)C(=O)NC(N=C(N)N)C(=O)NC(N=C(N)N)C(=O)NC(N=C(N)N)C(N)=O)c2ccccc2)c([N+](=O)[O-])c1. The van der Waals surface area contributed by atoms with Crippen LogP contribution in [0.1, 0.15) is 41.5 Å². The predicted octanol–water partition coefficient (Wildman–Crippen LogP) is -4.16. The van der Waals surface area contributed by atoms with Gasteiger partial charge in [-0.05, 0) is 51.8 Å². The van der Waals surface area contributed by atoms with Crippen molar-refractivity contribution in [3.8, 4) is 6.07 Å². The molecule has 6 rings (SSSR count). The van der Waals surface area contributed by atoms with Crippen LogP contribution in [0.25, 0.3) is 0 Å². The van der Waals surface area contributed by atoms with Crippen LogP contribution in [0.2, 0.25) is 0 Å². The van der Waals surface area contributed by atoms with E-state index >= 15 is 4.79 Å². The molecular formula is C48H53N21O11. The summed E-state index contributed by atoms with van der Waals surface area (Å²) in [7, 11) is 0. The number of primary amides is 1. The van der Waals surface area contributed by atoms with Crippen LogP contribution in [0.4, 0.5) is 11.4 Å². The number of rotatable bonds is 23. The number of nitrogens with zero attached hydrogens (tertiary/aromatic N) is 7. The molecular weight excluding hydrogens is 1050 g/mol. The first kappa shape index (κ1) is 58.0. The number of benzene rings is 2. The maximum atomic E-state index is 15.0. The molecule has 80 heavy (non-hydrogen) atoms. The summed E-state index contributed by atoms with van der Waals surface area (Å²) in [5.74, 6) is -15.0. The van der Waals surface area contributed by atoms with Crippen molar-refractivity contribution in [1.82, 2.24) is 26.6 Å². The monoisotopic (exact) mass is 1100 g/mol. The number of guanidine groups is 4. The van der Waals surface area contributed by atoms with E-state index in [1.54, 1.807) is 24.3 Å². The largest absolute Gasteiger partial charge is 0.396 e. The average Bonchev–Trinajstić information content (AvgIpc) is 3.61. The van der Waals surface area contributed by atoms with E-state index in [-0.39, 0.29) is 17.9 Å². The third-order valence-corrected chi connectivity index (χ3v) is 12.4. The molecule has 32 nitrogen and oxygen atoms in total. The highest BCUT2D eigenvalue weighted by Crippen LogP contribution is 2.52. The fourth-order valence-corrected chi connectivity index (χ4v) is 9.11. The molecule has 0 heterocycles. The van der Waals surface area contributed by atoms with E-state index in [0.717, 1.165) is 34.4 Å². The number of nitro benzene ring substituents is 2. The Bertz CT molecular complexity index is 3280. The Kier molecular flexibility index (Phi) is 18.2. The number of aliphatic imine (C=N–C) groups is 4. The van der Waals surface area contributed by atoms with Crippen LogP contribution < -0.4 is 78.2 Å². The van der Waals surface area contributed by atoms with Crippen LogP contribution in [-0.4, -0.2) is 106 Å². The van der Waals surface area contributed by atoms with Gasteiger partial charge in [0.15, 0.2) is 23.8 Å². The van der Waals surface area contributed by atoms with Gasteiger partial charge in [0.25, 0.3) is 35.0 Å². The quantitative estimate of drug-likeness (QED) is 0.0217. The third-order valence-electron chi connectivity index (χ3n) is 12.4. The van der Waals surface area contributed by atoms with Gasteiger partial charge in [-0.2, -0.15) is 5.26 Å². The van der Waals surface area contributed by atoms with Crippen molar-refractivity contribution >= 4 is 70.7 Å². The second-order valence-corrected chi connectivity index (χ2v) is 17.7. The lowest BCUT2D eigenvalue weighted by Gasteiger charge is -2.39. The van der Waals surface area contributed by atoms with Gasteiger partial charge in [0.05, 0.1) is 34.0 Å². The maximum absolute atomic E-state index is 15.0. The molecule has 8 unspecified atom stereocenters. The van der Waals surface area contributed by atoms with Crippen molar-refractivity contribution in [1.29, 1.82) is 5.26 Å². The van der Waals surface area contributed by atoms with Gasteiger partial charge in [-0.25, -0.2) is 20.0 Å². The van der Waals surface area contributed by atoms with E-state index in [1.807, 2.05) is 47.1 Å². The van der Waals surface area contributed by atoms with Crippen LogP contribution in [-0.2, 0) is 28.8 Å². The molecule has 24 N–H and O–H groups in total. The van der Waals surface area contributed by atoms with Crippen molar-refractivity contribution in [3.05, 3.63) is 161 Å². The maximum Gasteiger partial charge on any atom is 0.281 e. The van der Waals surface area contributed by atoms with Gasteiger partial charge in [-0.3, -0.25) is 49.0 Å². The molecule has 4 aliphatic carbocycles. The zero-order valence-electron chi connectivity index (χ0n) is 41.8. The Balaban J connectivity index is 1.37. The number of nitro groups is 2. The zero-order valence-corrected chi connectivity index (χ0v) is 41.8. The van der Waals surface area contributed by atoms with Crippen LogP contribution in [0.3, 0.4) is 0 Å². The minimum absolute atomic E-state index is 0.00386. The number of carbonyl (C=O) groups is 6. The lowest BCUT2D eigenvalue weighted by atomic mass is 9.65. The van der Waals surface area contributed by atoms with Gasteiger partial charge in [-0.15, -0.1) is 0 Å². The van der Waals surface area contributed by atoms with Crippen molar-refractivity contribution in [2.24, 2.45) is 83.4 Å². The number of nitriles is 1. The minimum Gasteiger partial charge on any atom is -0.396 e. The van der Waals surface area contributed by atoms with Crippen molar-refractivity contribution < 1.29 is 43.7 Å². The highest BCUT2D eigenvalue weighted by atomic mass is 16.6. The number of aliphatic hydroxyl groups excluding tert-OH is 1. The molecule has 0 bridgehead atoms. The molecule has 32 heteroatoms. The molecule has 0 saturated heterocycles. The molecule has 2 aromatic rings. The summed E-state index contributed by atoms with van der Waals surface area (Å²) in [4.78, 5) is 121. The molecule has 416 valence electrons. The summed E-state index contributed by atoms with van der Waals surface area (Å²) in [6.07, 6.45) is 6.87. The Labute approximate surface area is 452 Å². The number of nitrogens with two attached hydrogens (primary N) is 9. The molecule has 0 fully saturated rings. The summed E-state index contributed by atoms with van der Waals surface area (Å²) < 4.78 is 0. The molecule has 4 aliphatic rings. The molecule has 0 radical (unpaired) electrons. The molecule has 0 saturated carbocycles. The standard InChI is InChI=1S/C48H53N21O11/c49-18-20-14-29(68(77)78)33(30(15-20)69(79)80)27(17-25-16-24-10-4-8-21-12-13-22-9-5-11-26(25)32(22)31(21)24)28(19-70)40(72)59-34(23-6-2-1-3-7-23)41(73)61-37(65-46(53)54)43(75)63-39(67-48(57)58)44(76)62-38(66-47(55)56)42(74)60-36(35(50)71)64-45(51)52/h1-7,9-16,27-28,32,34,36-39,70H,8,17,19H2,(H2,50,71)(H,59,72)(H,60,74)(H,61,73)(H,62,76)(H,63,75)(H4,51,52,64)(H4,53,54,65)(H4,55,56,66)(H4,57,58,67). The first-order valence-electron chi connectivity index (χ1n) is 23.5. The topological polar surface area (TPSA) is 576 Å². The summed E-state index contributed by atoms with van der Waals surface area (Å²) in [6, 6.07) is 8.63. The van der Waals surface area contributed by atoms with E-state index in [0.29, 0.717) is 17.6 Å². The van der Waals surface area contributed by atoms with Gasteiger partial charge >= 0.3 is 0 Å². The van der Waals surface area contributed by atoms with Crippen molar-refractivity contribution in [3.63, 3.8) is 0 Å². The Morgan fingerprint density at radius 1 is 0.688 bits per heavy atom. The van der Waals surface area contributed by atoms with Crippen LogP contribution in [0, 0.1) is 43.4 Å². The summed E-state index contributed by atoms with van der Waals surface area (Å²) in [5, 5.41) is 57.7. The third kappa shape index (κ3) is 13.6. The second-order valence-electron chi connectivity index (χ2n) is 17.7. The van der Waals surface area contributed by atoms with E-state index in [2.05, 4.69) is 35.9 Å². The molecule has 6 amide bonds. The smallest absolute Gasteiger partial charge is 0.281 e. The van der Waals surface area contributed by atoms with Crippen molar-refractivity contribution in [2.45, 2.75) is 49.5 Å². The lowest BCUT2D eigenvalue weighted by Crippen LogP contribution is -2.58. The Hall–Kier alpha value is -11.2. The summed E-state index contributed by atoms with van der Waals surface area (Å²) in [5.41, 5.74) is 51.2. The molecule has 0 aliphatic heterocycles. The van der Waals surface area contributed by atoms with Crippen LogP contribution in [0.15, 0.2) is 144 Å². The Morgan fingerprint density at radius 3 is 1.69 bits per heavy atom. The number of aliphatic hydroxyl groups is 1. The molecule has 0 spiro atoms. The highest BCUT2D eigenvalue weighted by Gasteiger charge is 2.44. The number of nitrogens with one attached hydrogen (secondary N) is 5. The fourth-order valence-electron chi connectivity index (χ4n) is 9.11. The van der Waals surface area contributed by atoms with Gasteiger partial charge in [0.1, 0.15) is 11.6 Å². The number of allylic oxidation sites excluding steroid dienone is 14. The summed E-state index contributed by atoms with van der Waals surface area (Å²) in [6.45, 7) is -1.14. The van der Waals surface area contributed by atoms with Crippen LogP contribution >= 0.6 is 0 Å². The number of amides is 6. The molecule has 2 aromatic carbocycles. The first-order chi connectivity index (χ1) is 37.9. The normalized spacial score (nSPS) is 17.0. The Morgan fingerprint density at radius 2 is 1.20 bits per heavy atom. The van der Waals surface area contributed by atoms with Gasteiger partial charge in [-0.1, -0.05) is 78.9 Å². The van der Waals surface area contributed by atoms with E-state index in [4.69, 9.17) is 51.6 Å². The second kappa shape index (κ2) is 25.1. The summed E-state index contributed by atoms with van der Waals surface area (Å²) >= 11 is 0. The number of carbonyl (C=O) groups excluding carboxylic acids is 6. The van der Waals surface area contributed by atoms with E-state index in [1.165, 1.54) is 24.3 Å². The van der Waals surface area contributed by atoms with Gasteiger partial charge in [0, 0.05) is 24.0 Å². The number of hydrogen-bond acceptors (Lipinski definition) is 16. The molecule has 8 atom stereocenters. The average molecular weight is 1100 g/mol. The predicted molar refractivity (Wildman–Crippen MR) is 286 cm³/mol. The van der Waals surface area contributed by atoms with Gasteiger partial charge < -0.3 is 83.3 Å². The highest BCUT2D eigenvalue weighted by molar-refractivity contribution is 5.99. The fraction of sp³-hybridized carbons (Fsp3) is 0.229. The van der Waals surface area contributed by atoms with E-state index < -0.39 is 141 Å². The molecule has 0 aromatic heterocycles. The lowest BCUT2D eigenvalue weighted by molar-refractivity contribution is -0.396.